The molecular weight excluding hydrogens is 538 g/mol. The summed E-state index contributed by atoms with van der Waals surface area (Å²) in [5, 5.41) is 6.35. The fourth-order valence-corrected chi connectivity index (χ4v) is 4.97. The Morgan fingerprint density at radius 2 is 1.82 bits per heavy atom. The summed E-state index contributed by atoms with van der Waals surface area (Å²) in [6, 6.07) is 6.33. The fourth-order valence-electron chi connectivity index (χ4n) is 4.97. The Kier molecular flexibility index (Phi) is 8.72. The van der Waals surface area contributed by atoms with E-state index in [9.17, 15) is 14.0 Å². The number of imide groups is 1. The summed E-state index contributed by atoms with van der Waals surface area (Å²) in [4.78, 5) is 31.6. The second kappa shape index (κ2) is 11.3. The van der Waals surface area contributed by atoms with Crippen molar-refractivity contribution in [2.24, 2.45) is 28.7 Å². The van der Waals surface area contributed by atoms with Gasteiger partial charge in [0.2, 0.25) is 11.8 Å². The number of amides is 2. The van der Waals surface area contributed by atoms with Crippen LogP contribution in [0.25, 0.3) is 0 Å². The maximum absolute atomic E-state index is 13.9. The minimum Gasteiger partial charge on any atom is -0.485 e. The van der Waals surface area contributed by atoms with E-state index in [0.29, 0.717) is 38.6 Å². The van der Waals surface area contributed by atoms with Gasteiger partial charge in [-0.05, 0) is 43.7 Å². The third-order valence-corrected chi connectivity index (χ3v) is 6.57. The summed E-state index contributed by atoms with van der Waals surface area (Å²) in [6.07, 6.45) is 5.54. The summed E-state index contributed by atoms with van der Waals surface area (Å²) in [6.45, 7) is 5.67. The summed E-state index contributed by atoms with van der Waals surface area (Å²) < 4.78 is 19.6. The Morgan fingerprint density at radius 3 is 2.42 bits per heavy atom. The van der Waals surface area contributed by atoms with E-state index in [1.165, 1.54) is 11.0 Å². The van der Waals surface area contributed by atoms with Gasteiger partial charge in [-0.3, -0.25) is 14.5 Å². The second-order valence-corrected chi connectivity index (χ2v) is 8.55. The number of nitrogens with one attached hydrogen (secondary N) is 2. The smallest absolute Gasteiger partial charge is 0.233 e. The average molecular weight is 570 g/mol. The Morgan fingerprint density at radius 1 is 1.15 bits per heavy atom. The van der Waals surface area contributed by atoms with E-state index in [4.69, 9.17) is 4.74 Å². The minimum absolute atomic E-state index is 0. The number of hydrogen-bond acceptors (Lipinski definition) is 4. The first kappa shape index (κ1) is 25.5. The van der Waals surface area contributed by atoms with Crippen LogP contribution in [0.1, 0.15) is 26.7 Å². The van der Waals surface area contributed by atoms with E-state index >= 15 is 0 Å². The number of allylic oxidation sites excluding steroid dienone is 2. The lowest BCUT2D eigenvalue weighted by Gasteiger charge is -2.20. The first-order valence-electron chi connectivity index (χ1n) is 11.5. The van der Waals surface area contributed by atoms with Gasteiger partial charge in [-0.25, -0.2) is 9.38 Å². The van der Waals surface area contributed by atoms with E-state index in [0.717, 1.165) is 6.42 Å². The number of rotatable bonds is 9. The van der Waals surface area contributed by atoms with Gasteiger partial charge in [-0.1, -0.05) is 31.2 Å². The zero-order valence-electron chi connectivity index (χ0n) is 19.0. The molecule has 7 nitrogen and oxygen atoms in total. The van der Waals surface area contributed by atoms with Crippen molar-refractivity contribution in [1.82, 2.24) is 15.5 Å². The van der Waals surface area contributed by atoms with Crippen molar-refractivity contribution in [2.75, 3.05) is 26.2 Å². The number of nitrogens with zero attached hydrogens (tertiary/aromatic N) is 2. The molecule has 4 rings (SSSR count). The molecule has 2 N–H and O–H groups in total. The third-order valence-electron chi connectivity index (χ3n) is 6.57. The second-order valence-electron chi connectivity index (χ2n) is 8.55. The van der Waals surface area contributed by atoms with Crippen molar-refractivity contribution in [2.45, 2.75) is 32.8 Å². The molecule has 1 aromatic rings. The first-order valence-corrected chi connectivity index (χ1v) is 11.5. The van der Waals surface area contributed by atoms with E-state index in [1.54, 1.807) is 18.2 Å². The number of guanidine groups is 1. The molecule has 0 aromatic heterocycles. The molecular formula is C24H32FIN4O3. The van der Waals surface area contributed by atoms with Crippen molar-refractivity contribution in [3.05, 3.63) is 42.2 Å². The highest BCUT2D eigenvalue weighted by molar-refractivity contribution is 14.0. The van der Waals surface area contributed by atoms with Crippen molar-refractivity contribution < 1.29 is 18.7 Å². The maximum Gasteiger partial charge on any atom is 0.233 e. The summed E-state index contributed by atoms with van der Waals surface area (Å²) in [5.74, 6) is 0.428. The Bertz CT molecular complexity index is 895. The number of para-hydroxylation sites is 1. The van der Waals surface area contributed by atoms with Crippen LogP contribution in [0, 0.1) is 29.5 Å². The van der Waals surface area contributed by atoms with Gasteiger partial charge in [0, 0.05) is 19.6 Å². The van der Waals surface area contributed by atoms with Gasteiger partial charge in [0.25, 0.3) is 0 Å². The van der Waals surface area contributed by atoms with Crippen LogP contribution in [0.3, 0.4) is 0 Å². The summed E-state index contributed by atoms with van der Waals surface area (Å²) >= 11 is 0. The lowest BCUT2D eigenvalue weighted by Crippen LogP contribution is -2.44. The molecule has 9 heteroatoms. The number of fused-ring (bicyclic) bond motifs is 5. The molecule has 2 aliphatic carbocycles. The highest BCUT2D eigenvalue weighted by Crippen LogP contribution is 2.52. The van der Waals surface area contributed by atoms with Gasteiger partial charge in [0.05, 0.1) is 18.4 Å². The predicted octanol–water partition coefficient (Wildman–Crippen LogP) is 2.96. The van der Waals surface area contributed by atoms with Crippen LogP contribution in [-0.2, 0) is 9.59 Å². The molecule has 33 heavy (non-hydrogen) atoms. The molecule has 0 radical (unpaired) electrons. The number of benzene rings is 1. The molecule has 180 valence electrons. The summed E-state index contributed by atoms with van der Waals surface area (Å²) in [7, 11) is 0. The molecule has 5 unspecified atom stereocenters. The average Bonchev–Trinajstić information content (AvgIpc) is 3.47. The molecule has 5 atom stereocenters. The first-order chi connectivity index (χ1) is 15.5. The number of likely N-dealkylation sites (tertiary alicyclic amines) is 1. The standard InChI is InChI=1S/C24H31FN4O3.HI/c1-3-17(32-19-8-6-5-7-18(19)25)14-28-24(26-4-2)27-11-12-29-22(30)20-15-9-10-16(13-15)21(20)23(29)31;/h5-10,15-17,20-21H,3-4,11-14H2,1-2H3,(H2,26,27,28);1H. The number of hydrogen-bond donors (Lipinski definition) is 2. The van der Waals surface area contributed by atoms with Gasteiger partial charge in [0.1, 0.15) is 6.10 Å². The molecule has 1 saturated heterocycles. The molecule has 0 spiro atoms. The lowest BCUT2D eigenvalue weighted by atomic mass is 9.85. The quantitative estimate of drug-likeness (QED) is 0.157. The molecule has 2 amide bonds. The maximum atomic E-state index is 13.9. The third kappa shape index (κ3) is 5.33. The zero-order chi connectivity index (χ0) is 22.7. The van der Waals surface area contributed by atoms with Gasteiger partial charge in [-0.2, -0.15) is 0 Å². The number of carbonyl (C=O) groups is 2. The monoisotopic (exact) mass is 570 g/mol. The number of ether oxygens (including phenoxy) is 1. The molecule has 2 fully saturated rings. The highest BCUT2D eigenvalue weighted by Gasteiger charge is 2.58. The van der Waals surface area contributed by atoms with Crippen LogP contribution >= 0.6 is 24.0 Å². The lowest BCUT2D eigenvalue weighted by molar-refractivity contribution is -0.140. The topological polar surface area (TPSA) is 83.0 Å². The minimum atomic E-state index is -0.395. The van der Waals surface area contributed by atoms with Crippen LogP contribution in [0.5, 0.6) is 5.75 Å². The van der Waals surface area contributed by atoms with Crippen molar-refractivity contribution in [1.29, 1.82) is 0 Å². The van der Waals surface area contributed by atoms with Crippen molar-refractivity contribution in [3.63, 3.8) is 0 Å². The summed E-state index contributed by atoms with van der Waals surface area (Å²) in [5.41, 5.74) is 0. The predicted molar refractivity (Wildman–Crippen MR) is 135 cm³/mol. The highest BCUT2D eigenvalue weighted by atomic mass is 127. The Labute approximate surface area is 211 Å². The van der Waals surface area contributed by atoms with E-state index in [2.05, 4.69) is 27.8 Å². The Hall–Kier alpha value is -2.17. The van der Waals surface area contributed by atoms with Crippen LogP contribution in [-0.4, -0.2) is 55.0 Å². The number of aliphatic imine (C=N–C) groups is 1. The van der Waals surface area contributed by atoms with E-state index in [1.807, 2.05) is 13.8 Å². The fraction of sp³-hybridized carbons (Fsp3) is 0.542. The van der Waals surface area contributed by atoms with Crippen LogP contribution in [0.4, 0.5) is 4.39 Å². The molecule has 1 aliphatic heterocycles. The SMILES string of the molecule is CCNC(=NCC(CC)Oc1ccccc1F)NCCN1C(=O)C2C3C=CC(C3)C2C1=O.I. The normalized spacial score (nSPS) is 26.3. The van der Waals surface area contributed by atoms with Crippen LogP contribution in [0.2, 0.25) is 0 Å². The molecule has 3 aliphatic rings. The molecule has 1 aromatic carbocycles. The molecule has 1 heterocycles. The van der Waals surface area contributed by atoms with Gasteiger partial charge in [0.15, 0.2) is 17.5 Å². The Balaban J connectivity index is 0.00000306. The van der Waals surface area contributed by atoms with Gasteiger partial charge < -0.3 is 15.4 Å². The molecule has 1 saturated carbocycles. The van der Waals surface area contributed by atoms with E-state index in [-0.39, 0.29) is 71.3 Å². The number of halogens is 2. The largest absolute Gasteiger partial charge is 0.485 e. The van der Waals surface area contributed by atoms with Crippen molar-refractivity contribution >= 4 is 41.8 Å². The van der Waals surface area contributed by atoms with Crippen molar-refractivity contribution in [3.8, 4) is 5.75 Å². The van der Waals surface area contributed by atoms with Crippen LogP contribution < -0.4 is 15.4 Å². The van der Waals surface area contributed by atoms with Crippen LogP contribution in [0.15, 0.2) is 41.4 Å². The molecule has 2 bridgehead atoms. The van der Waals surface area contributed by atoms with Gasteiger partial charge >= 0.3 is 0 Å². The van der Waals surface area contributed by atoms with E-state index < -0.39 is 5.82 Å². The van der Waals surface area contributed by atoms with Gasteiger partial charge in [-0.15, -0.1) is 24.0 Å². The zero-order valence-corrected chi connectivity index (χ0v) is 21.3. The number of carbonyl (C=O) groups excluding carboxylic acids is 2.